The Kier molecular flexibility index (Phi) is 3.13. The first-order chi connectivity index (χ1) is 9.24. The monoisotopic (exact) mass is 271 g/mol. The highest BCUT2D eigenvalue weighted by atomic mass is 35.5. The smallest absolute Gasteiger partial charge is 0.107 e. The minimum absolute atomic E-state index is 0.680. The van der Waals surface area contributed by atoms with E-state index in [1.54, 1.807) is 0 Å². The molecule has 0 spiro atoms. The lowest BCUT2D eigenvalue weighted by atomic mass is 10.1. The summed E-state index contributed by atoms with van der Waals surface area (Å²) < 4.78 is 0. The lowest BCUT2D eigenvalue weighted by Crippen LogP contribution is -1.97. The molecule has 0 amide bonds. The second-order valence-corrected chi connectivity index (χ2v) is 4.93. The normalized spacial score (nSPS) is 11.0. The summed E-state index contributed by atoms with van der Waals surface area (Å²) in [6, 6.07) is 13.7. The van der Waals surface area contributed by atoms with Crippen LogP contribution < -0.4 is 5.73 Å². The molecule has 0 fully saturated rings. The van der Waals surface area contributed by atoms with Gasteiger partial charge in [-0.2, -0.15) is 0 Å². The summed E-state index contributed by atoms with van der Waals surface area (Å²) >= 11 is 6.11. The molecule has 1 aromatic heterocycles. The van der Waals surface area contributed by atoms with Gasteiger partial charge in [0.15, 0.2) is 0 Å². The maximum Gasteiger partial charge on any atom is 0.107 e. The maximum atomic E-state index is 6.11. The number of nitrogens with zero attached hydrogens (tertiary/aromatic N) is 1. The van der Waals surface area contributed by atoms with E-state index in [2.05, 4.69) is 9.97 Å². The van der Waals surface area contributed by atoms with E-state index in [1.165, 1.54) is 0 Å². The summed E-state index contributed by atoms with van der Waals surface area (Å²) in [5, 5.41) is 0.680. The molecule has 4 heteroatoms. The number of H-pyrrole nitrogens is 1. The SMILES string of the molecule is Nc1ccccc1CCc1nc2c(Cl)cccc2[nH]1. The van der Waals surface area contributed by atoms with Crippen LogP contribution in [-0.4, -0.2) is 9.97 Å². The number of hydrogen-bond acceptors (Lipinski definition) is 2. The van der Waals surface area contributed by atoms with Crippen molar-refractivity contribution in [3.63, 3.8) is 0 Å². The third-order valence-corrected chi connectivity index (χ3v) is 3.50. The van der Waals surface area contributed by atoms with Gasteiger partial charge in [0.25, 0.3) is 0 Å². The van der Waals surface area contributed by atoms with Crippen LogP contribution in [0.3, 0.4) is 0 Å². The van der Waals surface area contributed by atoms with Gasteiger partial charge in [-0.15, -0.1) is 0 Å². The van der Waals surface area contributed by atoms with E-state index in [0.29, 0.717) is 5.02 Å². The molecular weight excluding hydrogens is 258 g/mol. The number of aromatic nitrogens is 2. The van der Waals surface area contributed by atoms with Crippen molar-refractivity contribution in [2.24, 2.45) is 0 Å². The van der Waals surface area contributed by atoms with Crippen LogP contribution >= 0.6 is 11.6 Å². The number of nitrogen functional groups attached to an aromatic ring is 1. The van der Waals surface area contributed by atoms with Crippen LogP contribution in [0.4, 0.5) is 5.69 Å². The van der Waals surface area contributed by atoms with Crippen LogP contribution in [0.15, 0.2) is 42.5 Å². The third-order valence-electron chi connectivity index (χ3n) is 3.20. The topological polar surface area (TPSA) is 54.7 Å². The minimum atomic E-state index is 0.680. The van der Waals surface area contributed by atoms with Gasteiger partial charge in [-0.05, 0) is 30.2 Å². The molecule has 0 atom stereocenters. The Morgan fingerprint density at radius 1 is 1.05 bits per heavy atom. The summed E-state index contributed by atoms with van der Waals surface area (Å²) in [7, 11) is 0. The van der Waals surface area contributed by atoms with Gasteiger partial charge in [-0.1, -0.05) is 35.9 Å². The fourth-order valence-electron chi connectivity index (χ4n) is 2.18. The van der Waals surface area contributed by atoms with E-state index in [-0.39, 0.29) is 0 Å². The highest BCUT2D eigenvalue weighted by Crippen LogP contribution is 2.21. The van der Waals surface area contributed by atoms with Crippen LogP contribution in [0.2, 0.25) is 5.02 Å². The predicted molar refractivity (Wildman–Crippen MR) is 79.4 cm³/mol. The minimum Gasteiger partial charge on any atom is -0.399 e. The Balaban J connectivity index is 1.83. The molecule has 2 aromatic carbocycles. The van der Waals surface area contributed by atoms with Gasteiger partial charge in [0.2, 0.25) is 0 Å². The van der Waals surface area contributed by atoms with E-state index in [4.69, 9.17) is 17.3 Å². The molecule has 0 aliphatic carbocycles. The zero-order chi connectivity index (χ0) is 13.2. The molecule has 3 aromatic rings. The van der Waals surface area contributed by atoms with Crippen LogP contribution in [-0.2, 0) is 12.8 Å². The lowest BCUT2D eigenvalue weighted by molar-refractivity contribution is 0.892. The molecule has 0 aliphatic heterocycles. The van der Waals surface area contributed by atoms with Crippen molar-refractivity contribution in [1.82, 2.24) is 9.97 Å². The number of nitrogens with two attached hydrogens (primary N) is 1. The average Bonchev–Trinajstić information content (AvgIpc) is 2.82. The molecule has 3 rings (SSSR count). The molecule has 0 saturated carbocycles. The third kappa shape index (κ3) is 2.42. The first-order valence-corrected chi connectivity index (χ1v) is 6.58. The number of nitrogens with one attached hydrogen (secondary N) is 1. The molecule has 0 aliphatic rings. The van der Waals surface area contributed by atoms with E-state index >= 15 is 0 Å². The van der Waals surface area contributed by atoms with Crippen molar-refractivity contribution < 1.29 is 0 Å². The number of para-hydroxylation sites is 2. The molecule has 1 heterocycles. The van der Waals surface area contributed by atoms with E-state index in [0.717, 1.165) is 41.0 Å². The van der Waals surface area contributed by atoms with Crippen molar-refractivity contribution in [3.05, 3.63) is 58.9 Å². The maximum absolute atomic E-state index is 6.11. The van der Waals surface area contributed by atoms with Crippen molar-refractivity contribution in [1.29, 1.82) is 0 Å². The van der Waals surface area contributed by atoms with Gasteiger partial charge in [0.1, 0.15) is 11.3 Å². The van der Waals surface area contributed by atoms with Crippen LogP contribution in [0.25, 0.3) is 11.0 Å². The highest BCUT2D eigenvalue weighted by molar-refractivity contribution is 6.34. The second-order valence-electron chi connectivity index (χ2n) is 4.52. The van der Waals surface area contributed by atoms with Crippen molar-refractivity contribution in [3.8, 4) is 0 Å². The van der Waals surface area contributed by atoms with Gasteiger partial charge >= 0.3 is 0 Å². The Bertz CT molecular complexity index is 718. The first kappa shape index (κ1) is 12.1. The molecule has 0 bridgehead atoms. The molecular formula is C15H14ClN3. The summed E-state index contributed by atoms with van der Waals surface area (Å²) in [5.41, 5.74) is 9.72. The molecule has 0 radical (unpaired) electrons. The molecule has 0 unspecified atom stereocenters. The number of benzene rings is 2. The Morgan fingerprint density at radius 2 is 1.89 bits per heavy atom. The second kappa shape index (κ2) is 4.94. The van der Waals surface area contributed by atoms with E-state index in [1.807, 2.05) is 42.5 Å². The standard InChI is InChI=1S/C15H14ClN3/c16-11-5-3-7-13-15(11)19-14(18-13)9-8-10-4-1-2-6-12(10)17/h1-7H,8-9,17H2,(H,18,19). The van der Waals surface area contributed by atoms with Gasteiger partial charge in [0, 0.05) is 12.1 Å². The number of halogens is 1. The number of hydrogen-bond donors (Lipinski definition) is 2. The Morgan fingerprint density at radius 3 is 2.68 bits per heavy atom. The largest absolute Gasteiger partial charge is 0.399 e. The highest BCUT2D eigenvalue weighted by Gasteiger charge is 2.06. The quantitative estimate of drug-likeness (QED) is 0.716. The zero-order valence-corrected chi connectivity index (χ0v) is 11.1. The summed E-state index contributed by atoms with van der Waals surface area (Å²) in [6.45, 7) is 0. The molecule has 19 heavy (non-hydrogen) atoms. The molecule has 96 valence electrons. The number of anilines is 1. The summed E-state index contributed by atoms with van der Waals surface area (Å²) in [5.74, 6) is 0.936. The Labute approximate surface area is 116 Å². The molecule has 3 nitrogen and oxygen atoms in total. The fraction of sp³-hybridized carbons (Fsp3) is 0.133. The van der Waals surface area contributed by atoms with Gasteiger partial charge in [-0.3, -0.25) is 0 Å². The summed E-state index contributed by atoms with van der Waals surface area (Å²) in [6.07, 6.45) is 1.68. The lowest BCUT2D eigenvalue weighted by Gasteiger charge is -2.03. The van der Waals surface area contributed by atoms with Crippen LogP contribution in [0, 0.1) is 0 Å². The fourth-order valence-corrected chi connectivity index (χ4v) is 2.40. The number of aryl methyl sites for hydroxylation is 2. The van der Waals surface area contributed by atoms with Gasteiger partial charge < -0.3 is 10.7 Å². The first-order valence-electron chi connectivity index (χ1n) is 6.20. The van der Waals surface area contributed by atoms with Gasteiger partial charge in [0.05, 0.1) is 10.5 Å². The van der Waals surface area contributed by atoms with E-state index in [9.17, 15) is 0 Å². The Hall–Kier alpha value is -2.00. The zero-order valence-electron chi connectivity index (χ0n) is 10.4. The van der Waals surface area contributed by atoms with Gasteiger partial charge in [-0.25, -0.2) is 4.98 Å². The predicted octanol–water partition coefficient (Wildman–Crippen LogP) is 3.58. The summed E-state index contributed by atoms with van der Waals surface area (Å²) in [4.78, 5) is 7.82. The number of rotatable bonds is 3. The number of aromatic amines is 1. The molecule has 0 saturated heterocycles. The van der Waals surface area contributed by atoms with Crippen LogP contribution in [0.1, 0.15) is 11.4 Å². The number of fused-ring (bicyclic) bond motifs is 1. The van der Waals surface area contributed by atoms with Crippen LogP contribution in [0.5, 0.6) is 0 Å². The number of imidazole rings is 1. The van der Waals surface area contributed by atoms with E-state index < -0.39 is 0 Å². The van der Waals surface area contributed by atoms with Crippen molar-refractivity contribution >= 4 is 28.3 Å². The molecule has 3 N–H and O–H groups in total. The van der Waals surface area contributed by atoms with Crippen molar-refractivity contribution in [2.75, 3.05) is 5.73 Å². The van der Waals surface area contributed by atoms with Crippen molar-refractivity contribution in [2.45, 2.75) is 12.8 Å². The average molecular weight is 272 g/mol.